The van der Waals surface area contributed by atoms with Gasteiger partial charge < -0.3 is 9.88 Å². The molecule has 1 aliphatic heterocycles. The quantitative estimate of drug-likeness (QED) is 0.848. The summed E-state index contributed by atoms with van der Waals surface area (Å²) in [6.45, 7) is 1.19. The lowest BCUT2D eigenvalue weighted by atomic mass is 9.70. The first-order valence-electron chi connectivity index (χ1n) is 7.13. The first kappa shape index (κ1) is 10.1. The van der Waals surface area contributed by atoms with Crippen LogP contribution in [0.25, 0.3) is 0 Å². The third kappa shape index (κ3) is 1.63. The Kier molecular flexibility index (Phi) is 2.13. The van der Waals surface area contributed by atoms with Crippen LogP contribution < -0.4 is 5.32 Å². The lowest BCUT2D eigenvalue weighted by Gasteiger charge is -2.48. The Morgan fingerprint density at radius 2 is 2.18 bits per heavy atom. The van der Waals surface area contributed by atoms with E-state index in [9.17, 15) is 0 Å². The molecule has 0 amide bonds. The summed E-state index contributed by atoms with van der Waals surface area (Å²) in [6, 6.07) is 0.703. The standard InChI is InChI=1S/C14H21N3/c1-5-14(6-1)8-12(4-7-16-14)17-10-15-9-13(17)11-2-3-11/h9-12,16H,1-8H2. The van der Waals surface area contributed by atoms with Crippen LogP contribution in [-0.4, -0.2) is 21.6 Å². The molecule has 3 fully saturated rings. The van der Waals surface area contributed by atoms with Gasteiger partial charge in [0.2, 0.25) is 0 Å². The molecule has 4 rings (SSSR count). The molecule has 3 heteroatoms. The van der Waals surface area contributed by atoms with Gasteiger partial charge in [0.15, 0.2) is 0 Å². The highest BCUT2D eigenvalue weighted by atomic mass is 15.1. The van der Waals surface area contributed by atoms with E-state index in [4.69, 9.17) is 0 Å². The summed E-state index contributed by atoms with van der Waals surface area (Å²) < 4.78 is 2.50. The van der Waals surface area contributed by atoms with E-state index in [0.717, 1.165) is 5.92 Å². The molecule has 2 saturated carbocycles. The number of imidazole rings is 1. The van der Waals surface area contributed by atoms with Crippen molar-refractivity contribution in [2.75, 3.05) is 6.54 Å². The predicted molar refractivity (Wildman–Crippen MR) is 67.1 cm³/mol. The highest BCUT2D eigenvalue weighted by Crippen LogP contribution is 2.45. The van der Waals surface area contributed by atoms with Crippen LogP contribution in [0.5, 0.6) is 0 Å². The molecule has 2 heterocycles. The van der Waals surface area contributed by atoms with Gasteiger partial charge in [-0.1, -0.05) is 0 Å². The minimum Gasteiger partial charge on any atom is -0.331 e. The summed E-state index contributed by atoms with van der Waals surface area (Å²) in [7, 11) is 0. The molecule has 1 aromatic heterocycles. The van der Waals surface area contributed by atoms with Crippen molar-refractivity contribution in [1.82, 2.24) is 14.9 Å². The molecule has 1 unspecified atom stereocenters. The first-order chi connectivity index (χ1) is 8.36. The number of hydrogen-bond donors (Lipinski definition) is 1. The molecule has 1 spiro atoms. The van der Waals surface area contributed by atoms with Crippen molar-refractivity contribution >= 4 is 0 Å². The molecule has 0 aromatic carbocycles. The fourth-order valence-electron chi connectivity index (χ4n) is 3.67. The van der Waals surface area contributed by atoms with E-state index in [0.29, 0.717) is 11.6 Å². The smallest absolute Gasteiger partial charge is 0.0950 e. The van der Waals surface area contributed by atoms with Crippen molar-refractivity contribution in [3.8, 4) is 0 Å². The number of aromatic nitrogens is 2. The minimum atomic E-state index is 0.494. The van der Waals surface area contributed by atoms with Crippen LogP contribution in [0.1, 0.15) is 62.6 Å². The van der Waals surface area contributed by atoms with Gasteiger partial charge in [-0.3, -0.25) is 0 Å². The molecule has 0 bridgehead atoms. The lowest BCUT2D eigenvalue weighted by Crippen LogP contribution is -2.55. The van der Waals surface area contributed by atoms with Crippen molar-refractivity contribution in [3.05, 3.63) is 18.2 Å². The van der Waals surface area contributed by atoms with Crippen LogP contribution in [-0.2, 0) is 0 Å². The van der Waals surface area contributed by atoms with Crippen molar-refractivity contribution in [2.45, 2.75) is 62.4 Å². The van der Waals surface area contributed by atoms with E-state index in [1.54, 1.807) is 0 Å². The van der Waals surface area contributed by atoms with Gasteiger partial charge in [-0.15, -0.1) is 0 Å². The average molecular weight is 231 g/mol. The Balaban J connectivity index is 1.58. The Hall–Kier alpha value is -0.830. The third-order valence-electron chi connectivity index (χ3n) is 5.00. The Bertz CT molecular complexity index is 415. The zero-order valence-electron chi connectivity index (χ0n) is 10.4. The Morgan fingerprint density at radius 3 is 2.88 bits per heavy atom. The van der Waals surface area contributed by atoms with Crippen LogP contribution in [0, 0.1) is 0 Å². The molecule has 17 heavy (non-hydrogen) atoms. The summed E-state index contributed by atoms with van der Waals surface area (Å²) in [4.78, 5) is 4.39. The molecule has 3 aliphatic rings. The maximum atomic E-state index is 4.39. The number of nitrogens with one attached hydrogen (secondary N) is 1. The molecular formula is C14H21N3. The summed E-state index contributed by atoms with van der Waals surface area (Å²) in [6.07, 6.45) is 13.7. The van der Waals surface area contributed by atoms with Gasteiger partial charge in [0, 0.05) is 29.4 Å². The normalized spacial score (nSPS) is 31.4. The number of rotatable bonds is 2. The monoisotopic (exact) mass is 231 g/mol. The Morgan fingerprint density at radius 1 is 1.29 bits per heavy atom. The topological polar surface area (TPSA) is 29.9 Å². The molecule has 1 atom stereocenters. The summed E-state index contributed by atoms with van der Waals surface area (Å²) in [5.74, 6) is 0.824. The fraction of sp³-hybridized carbons (Fsp3) is 0.786. The van der Waals surface area contributed by atoms with Gasteiger partial charge in [-0.2, -0.15) is 0 Å². The number of nitrogens with zero attached hydrogens (tertiary/aromatic N) is 2. The molecule has 3 nitrogen and oxygen atoms in total. The van der Waals surface area contributed by atoms with Gasteiger partial charge >= 0.3 is 0 Å². The van der Waals surface area contributed by atoms with E-state index >= 15 is 0 Å². The molecule has 0 radical (unpaired) electrons. The highest BCUT2D eigenvalue weighted by Gasteiger charge is 2.42. The van der Waals surface area contributed by atoms with Gasteiger partial charge in [0.25, 0.3) is 0 Å². The maximum Gasteiger partial charge on any atom is 0.0950 e. The minimum absolute atomic E-state index is 0.494. The number of piperidine rings is 1. The predicted octanol–water partition coefficient (Wildman–Crippen LogP) is 2.61. The van der Waals surface area contributed by atoms with Crippen LogP contribution in [0.3, 0.4) is 0 Å². The largest absolute Gasteiger partial charge is 0.331 e. The van der Waals surface area contributed by atoms with E-state index in [1.165, 1.54) is 57.2 Å². The second-order valence-electron chi connectivity index (χ2n) is 6.21. The lowest BCUT2D eigenvalue weighted by molar-refractivity contribution is 0.109. The first-order valence-corrected chi connectivity index (χ1v) is 7.13. The molecule has 1 saturated heterocycles. The van der Waals surface area contributed by atoms with E-state index in [-0.39, 0.29) is 0 Å². The van der Waals surface area contributed by atoms with Crippen LogP contribution in [0.15, 0.2) is 12.5 Å². The fourth-order valence-corrected chi connectivity index (χ4v) is 3.67. The van der Waals surface area contributed by atoms with Gasteiger partial charge in [-0.25, -0.2) is 4.98 Å². The third-order valence-corrected chi connectivity index (χ3v) is 5.00. The van der Waals surface area contributed by atoms with Crippen molar-refractivity contribution in [1.29, 1.82) is 0 Å². The summed E-state index contributed by atoms with van der Waals surface area (Å²) in [5.41, 5.74) is 2.00. The van der Waals surface area contributed by atoms with E-state index < -0.39 is 0 Å². The van der Waals surface area contributed by atoms with Gasteiger partial charge in [0.1, 0.15) is 0 Å². The van der Waals surface area contributed by atoms with Crippen molar-refractivity contribution in [2.24, 2.45) is 0 Å². The van der Waals surface area contributed by atoms with E-state index in [2.05, 4.69) is 27.4 Å². The Labute approximate surface area is 103 Å². The van der Waals surface area contributed by atoms with Crippen LogP contribution in [0.4, 0.5) is 0 Å². The SMILES string of the molecule is c1ncn(C2CCNC3(CCC3)C2)c1C1CC1. The van der Waals surface area contributed by atoms with Crippen molar-refractivity contribution < 1.29 is 0 Å². The second kappa shape index (κ2) is 3.58. The maximum absolute atomic E-state index is 4.39. The number of hydrogen-bond acceptors (Lipinski definition) is 2. The van der Waals surface area contributed by atoms with Crippen LogP contribution in [0.2, 0.25) is 0 Å². The molecular weight excluding hydrogens is 210 g/mol. The van der Waals surface area contributed by atoms with Crippen LogP contribution >= 0.6 is 0 Å². The molecule has 92 valence electrons. The van der Waals surface area contributed by atoms with Gasteiger partial charge in [-0.05, 0) is 51.5 Å². The summed E-state index contributed by atoms with van der Waals surface area (Å²) in [5, 5.41) is 3.75. The van der Waals surface area contributed by atoms with Crippen molar-refractivity contribution in [3.63, 3.8) is 0 Å². The zero-order valence-corrected chi connectivity index (χ0v) is 10.4. The second-order valence-corrected chi connectivity index (χ2v) is 6.21. The average Bonchev–Trinajstić information content (AvgIpc) is 3.05. The highest BCUT2D eigenvalue weighted by molar-refractivity contribution is 5.15. The van der Waals surface area contributed by atoms with Gasteiger partial charge in [0.05, 0.1) is 6.33 Å². The molecule has 1 N–H and O–H groups in total. The summed E-state index contributed by atoms with van der Waals surface area (Å²) >= 11 is 0. The van der Waals surface area contributed by atoms with E-state index in [1.807, 2.05) is 0 Å². The zero-order chi connectivity index (χ0) is 11.3. The molecule has 1 aromatic rings. The molecule has 2 aliphatic carbocycles.